The summed E-state index contributed by atoms with van der Waals surface area (Å²) in [6.07, 6.45) is -0.580. The number of ether oxygens (including phenoxy) is 4. The van der Waals surface area contributed by atoms with Gasteiger partial charge in [-0.05, 0) is 30.2 Å². The molecule has 1 unspecified atom stereocenters. The molecule has 0 aliphatic carbocycles. The van der Waals surface area contributed by atoms with Crippen molar-refractivity contribution in [3.8, 4) is 11.5 Å². The number of nitrogens with zero attached hydrogens (tertiary/aromatic N) is 1. The normalized spacial score (nSPS) is 13.3. The van der Waals surface area contributed by atoms with Gasteiger partial charge >= 0.3 is 5.97 Å². The molecule has 0 aliphatic rings. The van der Waals surface area contributed by atoms with E-state index in [1.165, 1.54) is 28.4 Å². The molecule has 29 heavy (non-hydrogen) atoms. The van der Waals surface area contributed by atoms with Crippen molar-refractivity contribution >= 4 is 5.97 Å². The lowest BCUT2D eigenvalue weighted by atomic mass is 9.99. The van der Waals surface area contributed by atoms with E-state index >= 15 is 0 Å². The van der Waals surface area contributed by atoms with E-state index in [-0.39, 0.29) is 12.6 Å². The molecular weight excluding hydrogens is 374 g/mol. The van der Waals surface area contributed by atoms with E-state index in [0.717, 1.165) is 5.56 Å². The first-order valence-electron chi connectivity index (χ1n) is 9.27. The largest absolute Gasteiger partial charge is 0.493 e. The summed E-state index contributed by atoms with van der Waals surface area (Å²) in [6.45, 7) is 2.22. The Labute approximate surface area is 171 Å². The monoisotopic (exact) mass is 403 g/mol. The minimum Gasteiger partial charge on any atom is -0.493 e. The predicted octanol–water partition coefficient (Wildman–Crippen LogP) is 3.51. The summed E-state index contributed by atoms with van der Waals surface area (Å²) in [7, 11) is 6.13. The smallest absolute Gasteiger partial charge is 0.325 e. The maximum atomic E-state index is 12.4. The maximum Gasteiger partial charge on any atom is 0.325 e. The molecule has 1 N–H and O–H groups in total. The van der Waals surface area contributed by atoms with Crippen molar-refractivity contribution in [3.05, 3.63) is 59.7 Å². The molecule has 0 saturated heterocycles. The molecule has 2 atom stereocenters. The second kappa shape index (κ2) is 10.8. The number of carbonyl (C=O) groups is 1. The van der Waals surface area contributed by atoms with Crippen LogP contribution >= 0.6 is 0 Å². The van der Waals surface area contributed by atoms with E-state index in [4.69, 9.17) is 18.9 Å². The summed E-state index contributed by atoms with van der Waals surface area (Å²) < 4.78 is 21.4. The minimum atomic E-state index is -0.981. The van der Waals surface area contributed by atoms with E-state index in [9.17, 15) is 9.90 Å². The van der Waals surface area contributed by atoms with E-state index in [2.05, 4.69) is 0 Å². The zero-order valence-electron chi connectivity index (χ0n) is 17.5. The van der Waals surface area contributed by atoms with Crippen LogP contribution in [0.2, 0.25) is 0 Å². The Morgan fingerprint density at radius 2 is 1.55 bits per heavy atom. The molecule has 0 spiro atoms. The van der Waals surface area contributed by atoms with Crippen LogP contribution in [0.15, 0.2) is 48.5 Å². The standard InChI is InChI=1S/C22H29NO6/c1-15(16-9-7-6-8-10-16)23(14-20(28-4)29-5)21(22(24)25)17-11-12-18(26-2)19(13-17)27-3/h6-13,15,20-21H,14H2,1-5H3,(H,24,25)/t15-,21?/m0/s1. The summed E-state index contributed by atoms with van der Waals surface area (Å²) in [5.74, 6) is 0.0271. The predicted molar refractivity (Wildman–Crippen MR) is 109 cm³/mol. The van der Waals surface area contributed by atoms with Crippen LogP contribution in [-0.2, 0) is 14.3 Å². The molecule has 0 saturated carbocycles. The fraction of sp³-hybridized carbons (Fsp3) is 0.409. The second-order valence-electron chi connectivity index (χ2n) is 6.54. The number of rotatable bonds is 11. The van der Waals surface area contributed by atoms with Crippen LogP contribution in [0.4, 0.5) is 0 Å². The molecule has 0 aliphatic heterocycles. The fourth-order valence-corrected chi connectivity index (χ4v) is 3.33. The van der Waals surface area contributed by atoms with Crippen molar-refractivity contribution < 1.29 is 28.8 Å². The lowest BCUT2D eigenvalue weighted by molar-refractivity contribution is -0.153. The maximum absolute atomic E-state index is 12.4. The van der Waals surface area contributed by atoms with Crippen molar-refractivity contribution in [2.75, 3.05) is 35.0 Å². The summed E-state index contributed by atoms with van der Waals surface area (Å²) in [6, 6.07) is 13.7. The molecule has 2 rings (SSSR count). The lowest BCUT2D eigenvalue weighted by Gasteiger charge is -2.36. The molecule has 2 aromatic carbocycles. The Bertz CT molecular complexity index is 778. The molecule has 0 fully saturated rings. The lowest BCUT2D eigenvalue weighted by Crippen LogP contribution is -2.42. The molecule has 158 valence electrons. The third-order valence-electron chi connectivity index (χ3n) is 4.95. The molecular formula is C22H29NO6. The minimum absolute atomic E-state index is 0.210. The highest BCUT2D eigenvalue weighted by Gasteiger charge is 2.34. The van der Waals surface area contributed by atoms with E-state index < -0.39 is 18.3 Å². The Morgan fingerprint density at radius 1 is 0.931 bits per heavy atom. The number of hydrogen-bond donors (Lipinski definition) is 1. The van der Waals surface area contributed by atoms with Crippen LogP contribution in [0, 0.1) is 0 Å². The summed E-state index contributed by atoms with van der Waals surface area (Å²) in [5, 5.41) is 10.1. The van der Waals surface area contributed by atoms with Crippen LogP contribution in [0.1, 0.15) is 30.1 Å². The van der Waals surface area contributed by atoms with Crippen molar-refractivity contribution in [2.45, 2.75) is 25.3 Å². The van der Waals surface area contributed by atoms with Gasteiger partial charge in [-0.1, -0.05) is 36.4 Å². The first-order chi connectivity index (χ1) is 14.0. The Balaban J connectivity index is 2.52. The summed E-state index contributed by atoms with van der Waals surface area (Å²) >= 11 is 0. The molecule has 7 heteroatoms. The van der Waals surface area contributed by atoms with Crippen LogP contribution < -0.4 is 9.47 Å². The van der Waals surface area contributed by atoms with Gasteiger partial charge in [0, 0.05) is 20.3 Å². The van der Waals surface area contributed by atoms with Gasteiger partial charge < -0.3 is 24.1 Å². The van der Waals surface area contributed by atoms with Gasteiger partial charge in [-0.2, -0.15) is 0 Å². The zero-order valence-corrected chi connectivity index (χ0v) is 17.5. The van der Waals surface area contributed by atoms with Crippen LogP contribution in [-0.4, -0.2) is 57.2 Å². The number of benzene rings is 2. The van der Waals surface area contributed by atoms with Crippen molar-refractivity contribution in [1.29, 1.82) is 0 Å². The number of carboxylic acid groups (broad SMARTS) is 1. The third kappa shape index (κ3) is 5.47. The van der Waals surface area contributed by atoms with Crippen molar-refractivity contribution in [1.82, 2.24) is 4.90 Å². The van der Waals surface area contributed by atoms with Gasteiger partial charge in [0.1, 0.15) is 6.04 Å². The Hall–Kier alpha value is -2.61. The van der Waals surface area contributed by atoms with Crippen LogP contribution in [0.25, 0.3) is 0 Å². The number of methoxy groups -OCH3 is 4. The molecule has 0 radical (unpaired) electrons. The average Bonchev–Trinajstić information content (AvgIpc) is 2.76. The topological polar surface area (TPSA) is 77.5 Å². The first kappa shape index (κ1) is 22.7. The van der Waals surface area contributed by atoms with Crippen LogP contribution in [0.5, 0.6) is 11.5 Å². The highest BCUT2D eigenvalue weighted by Crippen LogP contribution is 2.36. The molecule has 0 amide bonds. The van der Waals surface area contributed by atoms with Gasteiger partial charge in [0.25, 0.3) is 0 Å². The summed E-state index contributed by atoms with van der Waals surface area (Å²) in [4.78, 5) is 14.2. The molecule has 0 aromatic heterocycles. The van der Waals surface area contributed by atoms with Gasteiger partial charge in [-0.3, -0.25) is 9.69 Å². The van der Waals surface area contributed by atoms with Gasteiger partial charge in [0.15, 0.2) is 17.8 Å². The fourth-order valence-electron chi connectivity index (χ4n) is 3.33. The highest BCUT2D eigenvalue weighted by molar-refractivity contribution is 5.76. The molecule has 2 aromatic rings. The second-order valence-corrected chi connectivity index (χ2v) is 6.54. The average molecular weight is 403 g/mol. The first-order valence-corrected chi connectivity index (χ1v) is 9.27. The van der Waals surface area contributed by atoms with E-state index in [1.807, 2.05) is 42.2 Å². The third-order valence-corrected chi connectivity index (χ3v) is 4.95. The SMILES string of the molecule is COc1ccc(C(C(=O)O)N(CC(OC)OC)[C@@H](C)c2ccccc2)cc1OC. The number of carboxylic acids is 1. The van der Waals surface area contributed by atoms with E-state index in [1.54, 1.807) is 18.2 Å². The van der Waals surface area contributed by atoms with Crippen LogP contribution in [0.3, 0.4) is 0 Å². The van der Waals surface area contributed by atoms with Gasteiger partial charge in [-0.15, -0.1) is 0 Å². The van der Waals surface area contributed by atoms with E-state index in [0.29, 0.717) is 17.1 Å². The Morgan fingerprint density at radius 3 is 2.07 bits per heavy atom. The zero-order chi connectivity index (χ0) is 21.4. The number of hydrogen-bond acceptors (Lipinski definition) is 6. The number of aliphatic carboxylic acids is 1. The van der Waals surface area contributed by atoms with Crippen molar-refractivity contribution in [3.63, 3.8) is 0 Å². The Kier molecular flexibility index (Phi) is 8.45. The van der Waals surface area contributed by atoms with Gasteiger partial charge in [0.05, 0.1) is 20.8 Å². The summed E-state index contributed by atoms with van der Waals surface area (Å²) in [5.41, 5.74) is 1.56. The highest BCUT2D eigenvalue weighted by atomic mass is 16.7. The van der Waals surface area contributed by atoms with Crippen molar-refractivity contribution in [2.24, 2.45) is 0 Å². The molecule has 0 bridgehead atoms. The molecule has 7 nitrogen and oxygen atoms in total. The quantitative estimate of drug-likeness (QED) is 0.575. The molecule has 0 heterocycles. The van der Waals surface area contributed by atoms with Gasteiger partial charge in [-0.25, -0.2) is 0 Å². The van der Waals surface area contributed by atoms with Gasteiger partial charge in [0.2, 0.25) is 0 Å².